The van der Waals surface area contributed by atoms with Gasteiger partial charge in [0.05, 0.1) is 15.4 Å². The number of sulfonamides is 1. The number of aryl methyl sites for hydroxylation is 1. The lowest BCUT2D eigenvalue weighted by molar-refractivity contribution is 0.306. The fraction of sp³-hybridized carbons (Fsp3) is 0.625. The third kappa shape index (κ3) is 3.11. The first-order chi connectivity index (χ1) is 11.2. The standard InChI is InChI=1S/C16H22FNO4S2/c1-12-9-13(17)7-8-16(12)24(21,22)18-10-15(11-18)23(19,20)14-5-3-2-4-6-14/h7-9,14-15H,2-6,10-11H2,1H3. The van der Waals surface area contributed by atoms with Crippen molar-refractivity contribution in [3.63, 3.8) is 0 Å². The summed E-state index contributed by atoms with van der Waals surface area (Å²) >= 11 is 0. The summed E-state index contributed by atoms with van der Waals surface area (Å²) < 4.78 is 64.8. The molecule has 0 amide bonds. The molecule has 3 rings (SSSR count). The Kier molecular flexibility index (Phi) is 4.74. The second-order valence-corrected chi connectivity index (χ2v) is 11.1. The molecule has 1 aliphatic carbocycles. The van der Waals surface area contributed by atoms with Crippen molar-refractivity contribution in [3.05, 3.63) is 29.6 Å². The molecule has 2 fully saturated rings. The predicted molar refractivity (Wildman–Crippen MR) is 89.5 cm³/mol. The number of hydrogen-bond donors (Lipinski definition) is 0. The predicted octanol–water partition coefficient (Wildman–Crippen LogP) is 2.25. The molecule has 5 nitrogen and oxygen atoms in total. The van der Waals surface area contributed by atoms with E-state index in [0.29, 0.717) is 18.4 Å². The lowest BCUT2D eigenvalue weighted by Gasteiger charge is -2.40. The van der Waals surface area contributed by atoms with Crippen LogP contribution in [-0.2, 0) is 19.9 Å². The highest BCUT2D eigenvalue weighted by Crippen LogP contribution is 2.32. The fourth-order valence-electron chi connectivity index (χ4n) is 3.51. The average Bonchev–Trinajstić information content (AvgIpc) is 2.45. The van der Waals surface area contributed by atoms with Crippen LogP contribution in [0, 0.1) is 12.7 Å². The van der Waals surface area contributed by atoms with Gasteiger partial charge in [0.2, 0.25) is 10.0 Å². The minimum atomic E-state index is -3.77. The van der Waals surface area contributed by atoms with Crippen molar-refractivity contribution in [2.75, 3.05) is 13.1 Å². The van der Waals surface area contributed by atoms with Gasteiger partial charge in [-0.05, 0) is 43.5 Å². The van der Waals surface area contributed by atoms with Crippen LogP contribution in [-0.4, -0.2) is 44.7 Å². The Balaban J connectivity index is 1.73. The Morgan fingerprint density at radius 3 is 2.21 bits per heavy atom. The maximum Gasteiger partial charge on any atom is 0.243 e. The van der Waals surface area contributed by atoms with Crippen LogP contribution in [0.1, 0.15) is 37.7 Å². The summed E-state index contributed by atoms with van der Waals surface area (Å²) in [5, 5.41) is -0.940. The van der Waals surface area contributed by atoms with Gasteiger partial charge in [-0.2, -0.15) is 4.31 Å². The molecule has 1 heterocycles. The van der Waals surface area contributed by atoms with Gasteiger partial charge >= 0.3 is 0 Å². The van der Waals surface area contributed by atoms with Crippen molar-refractivity contribution >= 4 is 19.9 Å². The molecular weight excluding hydrogens is 353 g/mol. The van der Waals surface area contributed by atoms with E-state index in [2.05, 4.69) is 0 Å². The van der Waals surface area contributed by atoms with Crippen molar-refractivity contribution in [1.29, 1.82) is 0 Å². The molecule has 0 spiro atoms. The van der Waals surface area contributed by atoms with Crippen molar-refractivity contribution in [2.45, 2.75) is 54.4 Å². The van der Waals surface area contributed by atoms with Gasteiger partial charge in [0, 0.05) is 13.1 Å². The van der Waals surface area contributed by atoms with Gasteiger partial charge in [-0.15, -0.1) is 0 Å². The van der Waals surface area contributed by atoms with E-state index in [1.165, 1.54) is 23.4 Å². The molecular formula is C16H22FNO4S2. The van der Waals surface area contributed by atoms with Crippen LogP contribution in [0.15, 0.2) is 23.1 Å². The van der Waals surface area contributed by atoms with Gasteiger partial charge in [-0.3, -0.25) is 0 Å². The van der Waals surface area contributed by atoms with Crippen LogP contribution < -0.4 is 0 Å². The minimum Gasteiger partial charge on any atom is -0.228 e. The third-order valence-corrected chi connectivity index (χ3v) is 9.67. The monoisotopic (exact) mass is 375 g/mol. The molecule has 1 aromatic rings. The van der Waals surface area contributed by atoms with Gasteiger partial charge in [-0.25, -0.2) is 21.2 Å². The van der Waals surface area contributed by atoms with E-state index in [-0.39, 0.29) is 23.2 Å². The zero-order valence-corrected chi connectivity index (χ0v) is 15.2. The maximum atomic E-state index is 13.2. The quantitative estimate of drug-likeness (QED) is 0.809. The molecule has 0 unspecified atom stereocenters. The highest BCUT2D eigenvalue weighted by molar-refractivity contribution is 7.93. The Bertz CT molecular complexity index is 824. The second-order valence-electron chi connectivity index (χ2n) is 6.70. The molecule has 8 heteroatoms. The first-order valence-electron chi connectivity index (χ1n) is 8.22. The van der Waals surface area contributed by atoms with E-state index in [9.17, 15) is 21.2 Å². The minimum absolute atomic E-state index is 0.00200. The molecule has 0 bridgehead atoms. The lowest BCUT2D eigenvalue weighted by atomic mass is 10.0. The number of hydrogen-bond acceptors (Lipinski definition) is 4. The third-order valence-electron chi connectivity index (χ3n) is 5.05. The van der Waals surface area contributed by atoms with Crippen LogP contribution in [0.3, 0.4) is 0 Å². The SMILES string of the molecule is Cc1cc(F)ccc1S(=O)(=O)N1CC(S(=O)(=O)C2CCCCC2)C1. The number of sulfone groups is 1. The summed E-state index contributed by atoms with van der Waals surface area (Å²) in [5.74, 6) is -0.493. The summed E-state index contributed by atoms with van der Waals surface area (Å²) in [4.78, 5) is 0.0393. The summed E-state index contributed by atoms with van der Waals surface area (Å²) in [5.41, 5.74) is 0.327. The summed E-state index contributed by atoms with van der Waals surface area (Å²) in [7, 11) is -7.06. The fourth-order valence-corrected chi connectivity index (χ4v) is 7.75. The highest BCUT2D eigenvalue weighted by Gasteiger charge is 2.46. The van der Waals surface area contributed by atoms with E-state index >= 15 is 0 Å². The first-order valence-corrected chi connectivity index (χ1v) is 11.3. The van der Waals surface area contributed by atoms with Crippen molar-refractivity contribution in [3.8, 4) is 0 Å². The Hall–Kier alpha value is -0.990. The van der Waals surface area contributed by atoms with Crippen LogP contribution in [0.4, 0.5) is 4.39 Å². The normalized spacial score (nSPS) is 21.6. The molecule has 24 heavy (non-hydrogen) atoms. The number of rotatable bonds is 4. The number of halogens is 1. The van der Waals surface area contributed by atoms with Gasteiger partial charge in [0.1, 0.15) is 5.82 Å². The second kappa shape index (κ2) is 6.38. The maximum absolute atomic E-state index is 13.2. The molecule has 1 saturated heterocycles. The average molecular weight is 375 g/mol. The Morgan fingerprint density at radius 2 is 1.62 bits per heavy atom. The summed E-state index contributed by atoms with van der Waals surface area (Å²) in [6.07, 6.45) is 4.28. The van der Waals surface area contributed by atoms with Crippen molar-refractivity contribution < 1.29 is 21.2 Å². The first kappa shape index (κ1) is 17.8. The highest BCUT2D eigenvalue weighted by atomic mass is 32.2. The largest absolute Gasteiger partial charge is 0.243 e. The van der Waals surface area contributed by atoms with E-state index in [4.69, 9.17) is 0 Å². The smallest absolute Gasteiger partial charge is 0.228 e. The molecule has 0 aromatic heterocycles. The molecule has 134 valence electrons. The van der Waals surface area contributed by atoms with E-state index in [1.54, 1.807) is 0 Å². The van der Waals surface area contributed by atoms with E-state index < -0.39 is 30.9 Å². The number of nitrogens with zero attached hydrogens (tertiary/aromatic N) is 1. The topological polar surface area (TPSA) is 71.5 Å². The Labute approximate surface area is 142 Å². The summed E-state index contributed by atoms with van der Waals surface area (Å²) in [6, 6.07) is 3.52. The van der Waals surface area contributed by atoms with E-state index in [1.807, 2.05) is 0 Å². The van der Waals surface area contributed by atoms with Crippen LogP contribution in [0.2, 0.25) is 0 Å². The van der Waals surface area contributed by atoms with Crippen molar-refractivity contribution in [1.82, 2.24) is 4.31 Å². The Morgan fingerprint density at radius 1 is 1.00 bits per heavy atom. The van der Waals surface area contributed by atoms with Gasteiger partial charge in [-0.1, -0.05) is 19.3 Å². The molecule has 1 aliphatic heterocycles. The summed E-state index contributed by atoms with van der Waals surface area (Å²) in [6.45, 7) is 1.53. The van der Waals surface area contributed by atoms with Gasteiger partial charge < -0.3 is 0 Å². The molecule has 2 aliphatic rings. The molecule has 0 radical (unpaired) electrons. The molecule has 1 aromatic carbocycles. The molecule has 0 atom stereocenters. The molecule has 1 saturated carbocycles. The van der Waals surface area contributed by atoms with Crippen LogP contribution in [0.25, 0.3) is 0 Å². The molecule has 0 N–H and O–H groups in total. The van der Waals surface area contributed by atoms with Crippen LogP contribution in [0.5, 0.6) is 0 Å². The zero-order valence-electron chi connectivity index (χ0n) is 13.6. The van der Waals surface area contributed by atoms with Gasteiger partial charge in [0.25, 0.3) is 0 Å². The number of benzene rings is 1. The van der Waals surface area contributed by atoms with Crippen molar-refractivity contribution in [2.24, 2.45) is 0 Å². The zero-order chi connectivity index (χ0) is 17.5. The lowest BCUT2D eigenvalue weighted by Crippen LogP contribution is -2.58. The van der Waals surface area contributed by atoms with Crippen LogP contribution >= 0.6 is 0 Å². The van der Waals surface area contributed by atoms with Gasteiger partial charge in [0.15, 0.2) is 9.84 Å². The van der Waals surface area contributed by atoms with E-state index in [0.717, 1.165) is 25.3 Å².